The molecule has 1 heterocycles. The van der Waals surface area contributed by atoms with E-state index in [2.05, 4.69) is 0 Å². The highest BCUT2D eigenvalue weighted by Crippen LogP contribution is 2.27. The zero-order valence-electron chi connectivity index (χ0n) is 18.3. The molecular formula is C22H27FN4O5S. The van der Waals surface area contributed by atoms with E-state index in [0.29, 0.717) is 32.4 Å². The van der Waals surface area contributed by atoms with Gasteiger partial charge in [0.25, 0.3) is 5.69 Å². The number of carbonyl (C=O) groups is 1. The largest absolute Gasteiger partial charge is 0.341 e. The van der Waals surface area contributed by atoms with Crippen LogP contribution < -0.4 is 5.73 Å². The highest BCUT2D eigenvalue weighted by atomic mass is 32.2. The number of likely N-dealkylation sites (tertiary alicyclic amines) is 1. The molecule has 1 amide bonds. The minimum absolute atomic E-state index is 0.00455. The molecule has 3 rings (SSSR count). The number of benzene rings is 2. The average molecular weight is 479 g/mol. The molecule has 0 radical (unpaired) electrons. The molecular weight excluding hydrogens is 451 g/mol. The molecule has 0 saturated carbocycles. The van der Waals surface area contributed by atoms with Crippen molar-refractivity contribution in [1.29, 1.82) is 0 Å². The Kier molecular flexibility index (Phi) is 7.77. The van der Waals surface area contributed by atoms with Crippen LogP contribution in [0.15, 0.2) is 53.4 Å². The Morgan fingerprint density at radius 1 is 1.21 bits per heavy atom. The van der Waals surface area contributed by atoms with Crippen molar-refractivity contribution in [2.45, 2.75) is 30.2 Å². The van der Waals surface area contributed by atoms with Gasteiger partial charge in [-0.15, -0.1) is 0 Å². The number of hydrogen-bond acceptors (Lipinski definition) is 6. The molecule has 0 aromatic heterocycles. The van der Waals surface area contributed by atoms with Gasteiger partial charge >= 0.3 is 0 Å². The van der Waals surface area contributed by atoms with E-state index < -0.39 is 26.7 Å². The highest BCUT2D eigenvalue weighted by molar-refractivity contribution is 7.89. The summed E-state index contributed by atoms with van der Waals surface area (Å²) >= 11 is 0. The fourth-order valence-electron chi connectivity index (χ4n) is 3.99. The van der Waals surface area contributed by atoms with Crippen molar-refractivity contribution in [2.24, 2.45) is 11.7 Å². The fraction of sp³-hybridized carbons (Fsp3) is 0.409. The van der Waals surface area contributed by atoms with Crippen molar-refractivity contribution in [3.8, 4) is 0 Å². The Morgan fingerprint density at radius 2 is 1.82 bits per heavy atom. The first-order valence-corrected chi connectivity index (χ1v) is 12.0. The molecule has 1 saturated heterocycles. The maximum absolute atomic E-state index is 13.0. The second-order valence-corrected chi connectivity index (χ2v) is 10.2. The predicted octanol–water partition coefficient (Wildman–Crippen LogP) is 2.16. The summed E-state index contributed by atoms with van der Waals surface area (Å²) in [5.74, 6) is -0.543. The van der Waals surface area contributed by atoms with Crippen molar-refractivity contribution in [3.05, 3.63) is 70.0 Å². The molecule has 1 aliphatic rings. The third-order valence-corrected chi connectivity index (χ3v) is 7.75. The van der Waals surface area contributed by atoms with Gasteiger partial charge in [0.15, 0.2) is 4.90 Å². The van der Waals surface area contributed by atoms with Crippen LogP contribution in [0.25, 0.3) is 0 Å². The topological polar surface area (TPSA) is 127 Å². The number of halogens is 1. The van der Waals surface area contributed by atoms with Gasteiger partial charge < -0.3 is 10.6 Å². The molecule has 11 heteroatoms. The van der Waals surface area contributed by atoms with Gasteiger partial charge in [0.05, 0.1) is 11.0 Å². The fourth-order valence-corrected chi connectivity index (χ4v) is 5.39. The van der Waals surface area contributed by atoms with Crippen LogP contribution in [0.2, 0.25) is 0 Å². The molecule has 0 aliphatic carbocycles. The van der Waals surface area contributed by atoms with Gasteiger partial charge in [-0.3, -0.25) is 14.9 Å². The molecule has 0 spiro atoms. The van der Waals surface area contributed by atoms with Crippen LogP contribution >= 0.6 is 0 Å². The van der Waals surface area contributed by atoms with E-state index in [1.807, 2.05) is 0 Å². The van der Waals surface area contributed by atoms with E-state index in [9.17, 15) is 27.7 Å². The van der Waals surface area contributed by atoms with Gasteiger partial charge in [-0.25, -0.2) is 17.1 Å². The van der Waals surface area contributed by atoms with E-state index in [1.165, 1.54) is 43.4 Å². The number of para-hydroxylation sites is 1. The van der Waals surface area contributed by atoms with E-state index in [-0.39, 0.29) is 29.1 Å². The number of nitro benzene ring substituents is 1. The first kappa shape index (κ1) is 24.7. The number of nitrogens with zero attached hydrogens (tertiary/aromatic N) is 3. The number of amides is 1. The number of nitro groups is 1. The van der Waals surface area contributed by atoms with Crippen molar-refractivity contribution in [3.63, 3.8) is 0 Å². The summed E-state index contributed by atoms with van der Waals surface area (Å²) in [5, 5.41) is 11.2. The van der Waals surface area contributed by atoms with Crippen molar-refractivity contribution in [1.82, 2.24) is 9.21 Å². The van der Waals surface area contributed by atoms with Gasteiger partial charge in [0.2, 0.25) is 15.9 Å². The Labute approximate surface area is 192 Å². The molecule has 33 heavy (non-hydrogen) atoms. The van der Waals surface area contributed by atoms with Crippen molar-refractivity contribution in [2.75, 3.05) is 26.7 Å². The Hall–Kier alpha value is -2.89. The van der Waals surface area contributed by atoms with Crippen LogP contribution in [0.3, 0.4) is 0 Å². The summed E-state index contributed by atoms with van der Waals surface area (Å²) in [6.07, 6.45) is 1.48. The third-order valence-electron chi connectivity index (χ3n) is 5.88. The normalized spacial score (nSPS) is 16.1. The zero-order chi connectivity index (χ0) is 24.2. The molecule has 2 N–H and O–H groups in total. The maximum Gasteiger partial charge on any atom is 0.289 e. The number of rotatable bonds is 8. The molecule has 1 fully saturated rings. The molecule has 1 aliphatic heterocycles. The molecule has 1 atom stereocenters. The summed E-state index contributed by atoms with van der Waals surface area (Å²) in [5.41, 5.74) is 6.38. The lowest BCUT2D eigenvalue weighted by molar-refractivity contribution is -0.387. The lowest BCUT2D eigenvalue weighted by Gasteiger charge is -2.35. The highest BCUT2D eigenvalue weighted by Gasteiger charge is 2.32. The van der Waals surface area contributed by atoms with E-state index in [4.69, 9.17) is 5.73 Å². The summed E-state index contributed by atoms with van der Waals surface area (Å²) in [7, 11) is -2.63. The van der Waals surface area contributed by atoms with Crippen LogP contribution in [0, 0.1) is 21.8 Å². The quantitative estimate of drug-likeness (QED) is 0.458. The smallest absolute Gasteiger partial charge is 0.289 e. The maximum atomic E-state index is 13.0. The minimum Gasteiger partial charge on any atom is -0.341 e. The standard InChI is InChI=1S/C22H27FN4O5S/c1-25(33(31,32)21-5-3-2-4-20(21)27(29)30)15-17-10-12-26(13-11-17)22(28)19(24)14-16-6-8-18(23)9-7-16/h2-9,17,19H,10-15,24H2,1H3/t19-/m0/s1. The Bertz CT molecular complexity index is 1100. The second-order valence-electron chi connectivity index (χ2n) is 8.22. The van der Waals surface area contributed by atoms with E-state index >= 15 is 0 Å². The van der Waals surface area contributed by atoms with Crippen LogP contribution in [0.5, 0.6) is 0 Å². The third kappa shape index (κ3) is 5.92. The lowest BCUT2D eigenvalue weighted by atomic mass is 9.96. The van der Waals surface area contributed by atoms with Crippen molar-refractivity contribution < 1.29 is 22.5 Å². The lowest BCUT2D eigenvalue weighted by Crippen LogP contribution is -2.49. The van der Waals surface area contributed by atoms with Gasteiger partial charge in [0.1, 0.15) is 5.82 Å². The minimum atomic E-state index is -4.03. The number of carbonyl (C=O) groups excluding carboxylic acids is 1. The number of nitrogens with two attached hydrogens (primary N) is 1. The SMILES string of the molecule is CN(CC1CCN(C(=O)[C@@H](N)Cc2ccc(F)cc2)CC1)S(=O)(=O)c1ccccc1[N+](=O)[O-]. The van der Waals surface area contributed by atoms with Crippen LogP contribution in [0.4, 0.5) is 10.1 Å². The first-order chi connectivity index (χ1) is 15.6. The number of sulfonamides is 1. The molecule has 0 unspecified atom stereocenters. The Morgan fingerprint density at radius 3 is 2.42 bits per heavy atom. The van der Waals surface area contributed by atoms with Gasteiger partial charge in [-0.05, 0) is 48.9 Å². The summed E-state index contributed by atoms with van der Waals surface area (Å²) in [6, 6.07) is 10.4. The molecule has 178 valence electrons. The summed E-state index contributed by atoms with van der Waals surface area (Å²) in [6.45, 7) is 1.08. The predicted molar refractivity (Wildman–Crippen MR) is 120 cm³/mol. The Balaban J connectivity index is 1.56. The monoisotopic (exact) mass is 478 g/mol. The van der Waals surface area contributed by atoms with E-state index in [0.717, 1.165) is 9.87 Å². The number of piperidine rings is 1. The van der Waals surface area contributed by atoms with Crippen LogP contribution in [0.1, 0.15) is 18.4 Å². The van der Waals surface area contributed by atoms with Gasteiger partial charge in [-0.1, -0.05) is 24.3 Å². The van der Waals surface area contributed by atoms with Gasteiger partial charge in [-0.2, -0.15) is 0 Å². The summed E-state index contributed by atoms with van der Waals surface area (Å²) in [4.78, 5) is 24.5. The van der Waals surface area contributed by atoms with Crippen molar-refractivity contribution >= 4 is 21.6 Å². The van der Waals surface area contributed by atoms with E-state index in [1.54, 1.807) is 17.0 Å². The second kappa shape index (κ2) is 10.4. The molecule has 9 nitrogen and oxygen atoms in total. The number of hydrogen-bond donors (Lipinski definition) is 1. The van der Waals surface area contributed by atoms with Crippen LogP contribution in [-0.4, -0.2) is 61.2 Å². The van der Waals surface area contributed by atoms with Crippen LogP contribution in [-0.2, 0) is 21.2 Å². The zero-order valence-corrected chi connectivity index (χ0v) is 19.1. The summed E-state index contributed by atoms with van der Waals surface area (Å²) < 4.78 is 40.0. The molecule has 0 bridgehead atoms. The van der Waals surface area contributed by atoms with Gasteiger partial charge in [0, 0.05) is 32.7 Å². The first-order valence-electron chi connectivity index (χ1n) is 10.6. The molecule has 2 aromatic carbocycles. The average Bonchev–Trinajstić information content (AvgIpc) is 2.80. The molecule has 2 aromatic rings.